The van der Waals surface area contributed by atoms with Gasteiger partial charge in [0.1, 0.15) is 0 Å². The lowest BCUT2D eigenvalue weighted by Crippen LogP contribution is -2.03. The maximum atomic E-state index is 3.54. The number of halogens is 1. The summed E-state index contributed by atoms with van der Waals surface area (Å²) in [6.45, 7) is 2.21. The summed E-state index contributed by atoms with van der Waals surface area (Å²) in [5.74, 6) is 0.518. The van der Waals surface area contributed by atoms with Crippen LogP contribution in [0.15, 0.2) is 54.6 Å². The molecule has 0 saturated carbocycles. The molecule has 0 amide bonds. The zero-order valence-electron chi connectivity index (χ0n) is 10.8. The highest BCUT2D eigenvalue weighted by Crippen LogP contribution is 2.31. The Bertz CT molecular complexity index is 476. The average molecular weight is 303 g/mol. The minimum absolute atomic E-state index is 0.518. The minimum Gasteiger partial charge on any atom is -0.0928 e. The summed E-state index contributed by atoms with van der Waals surface area (Å²) in [4.78, 5) is 0. The molecule has 94 valence electrons. The Morgan fingerprint density at radius 2 is 1.61 bits per heavy atom. The van der Waals surface area contributed by atoms with E-state index >= 15 is 0 Å². The molecule has 0 unspecified atom stereocenters. The summed E-state index contributed by atoms with van der Waals surface area (Å²) in [5, 5.41) is 1.07. The highest BCUT2D eigenvalue weighted by atomic mass is 79.9. The van der Waals surface area contributed by atoms with E-state index in [0.717, 1.165) is 5.33 Å². The summed E-state index contributed by atoms with van der Waals surface area (Å²) in [6, 6.07) is 19.6. The Balaban J connectivity index is 2.34. The van der Waals surface area contributed by atoms with Gasteiger partial charge in [0, 0.05) is 11.2 Å². The molecule has 0 saturated heterocycles. The minimum atomic E-state index is 0.518. The molecule has 2 aromatic carbocycles. The van der Waals surface area contributed by atoms with Gasteiger partial charge in [-0.15, -0.1) is 0 Å². The first kappa shape index (κ1) is 13.4. The maximum Gasteiger partial charge on any atom is 0.00922 e. The van der Waals surface area contributed by atoms with Gasteiger partial charge in [0.25, 0.3) is 0 Å². The van der Waals surface area contributed by atoms with Crippen LogP contribution in [0.5, 0.6) is 0 Å². The van der Waals surface area contributed by atoms with Gasteiger partial charge in [0.2, 0.25) is 0 Å². The first-order chi connectivity index (χ1) is 8.83. The lowest BCUT2D eigenvalue weighted by Gasteiger charge is -2.19. The topological polar surface area (TPSA) is 0 Å². The molecule has 1 heteroatoms. The predicted octanol–water partition coefficient (Wildman–Crippen LogP) is 5.30. The molecular weight excluding hydrogens is 284 g/mol. The quantitative estimate of drug-likeness (QED) is 0.657. The van der Waals surface area contributed by atoms with E-state index < -0.39 is 0 Å². The predicted molar refractivity (Wildman–Crippen MR) is 82.5 cm³/mol. The smallest absolute Gasteiger partial charge is 0.00922 e. The Hall–Kier alpha value is -1.08. The molecule has 0 N–H and O–H groups in total. The summed E-state index contributed by atoms with van der Waals surface area (Å²) >= 11 is 3.54. The lowest BCUT2D eigenvalue weighted by atomic mass is 9.85. The second-order valence-electron chi connectivity index (χ2n) is 4.65. The molecule has 0 aromatic heterocycles. The van der Waals surface area contributed by atoms with Gasteiger partial charge >= 0.3 is 0 Å². The van der Waals surface area contributed by atoms with Crippen molar-refractivity contribution in [2.24, 2.45) is 0 Å². The van der Waals surface area contributed by atoms with Gasteiger partial charge in [0.15, 0.2) is 0 Å². The second-order valence-corrected chi connectivity index (χ2v) is 5.44. The Kier molecular flexibility index (Phi) is 5.00. The van der Waals surface area contributed by atoms with E-state index in [0.29, 0.717) is 5.92 Å². The van der Waals surface area contributed by atoms with Crippen molar-refractivity contribution in [3.8, 4) is 0 Å². The number of hydrogen-bond donors (Lipinski definition) is 0. The molecule has 0 aliphatic heterocycles. The molecule has 0 bridgehead atoms. The number of alkyl halides is 1. The van der Waals surface area contributed by atoms with Crippen molar-refractivity contribution in [2.45, 2.75) is 25.7 Å². The number of rotatable bonds is 5. The van der Waals surface area contributed by atoms with Crippen molar-refractivity contribution in [2.75, 3.05) is 5.33 Å². The molecule has 0 fully saturated rings. The monoisotopic (exact) mass is 302 g/mol. The molecule has 0 aliphatic rings. The SMILES string of the molecule is Cc1ccccc1[C@H](CCCBr)c1ccccc1. The van der Waals surface area contributed by atoms with Crippen molar-refractivity contribution in [1.82, 2.24) is 0 Å². The van der Waals surface area contributed by atoms with E-state index in [1.807, 2.05) is 0 Å². The van der Waals surface area contributed by atoms with E-state index in [9.17, 15) is 0 Å². The summed E-state index contributed by atoms with van der Waals surface area (Å²) in [6.07, 6.45) is 2.40. The first-order valence-electron chi connectivity index (χ1n) is 6.49. The number of benzene rings is 2. The third kappa shape index (κ3) is 3.23. The van der Waals surface area contributed by atoms with Crippen LogP contribution in [0.25, 0.3) is 0 Å². The molecule has 0 aliphatic carbocycles. The highest BCUT2D eigenvalue weighted by Gasteiger charge is 2.14. The zero-order chi connectivity index (χ0) is 12.8. The van der Waals surface area contributed by atoms with Crippen LogP contribution < -0.4 is 0 Å². The van der Waals surface area contributed by atoms with E-state index in [2.05, 4.69) is 77.5 Å². The number of hydrogen-bond acceptors (Lipinski definition) is 0. The Morgan fingerprint density at radius 1 is 0.944 bits per heavy atom. The van der Waals surface area contributed by atoms with Crippen molar-refractivity contribution >= 4 is 15.9 Å². The molecule has 2 rings (SSSR count). The Labute approximate surface area is 118 Å². The molecule has 0 nitrogen and oxygen atoms in total. The lowest BCUT2D eigenvalue weighted by molar-refractivity contribution is 0.701. The van der Waals surface area contributed by atoms with Crippen LogP contribution in [-0.2, 0) is 0 Å². The van der Waals surface area contributed by atoms with Gasteiger partial charge < -0.3 is 0 Å². The normalized spacial score (nSPS) is 12.3. The van der Waals surface area contributed by atoms with Gasteiger partial charge in [-0.05, 0) is 36.5 Å². The third-order valence-electron chi connectivity index (χ3n) is 3.39. The molecule has 0 heterocycles. The van der Waals surface area contributed by atoms with E-state index in [4.69, 9.17) is 0 Å². The van der Waals surface area contributed by atoms with Crippen LogP contribution in [0, 0.1) is 6.92 Å². The fourth-order valence-electron chi connectivity index (χ4n) is 2.45. The van der Waals surface area contributed by atoms with Gasteiger partial charge in [0.05, 0.1) is 0 Å². The van der Waals surface area contributed by atoms with E-state index in [1.54, 1.807) is 0 Å². The third-order valence-corrected chi connectivity index (χ3v) is 3.95. The molecular formula is C17H19Br. The maximum absolute atomic E-state index is 3.54. The average Bonchev–Trinajstić information content (AvgIpc) is 2.42. The largest absolute Gasteiger partial charge is 0.0928 e. The van der Waals surface area contributed by atoms with Crippen LogP contribution in [0.1, 0.15) is 35.4 Å². The molecule has 0 spiro atoms. The van der Waals surface area contributed by atoms with Gasteiger partial charge in [-0.3, -0.25) is 0 Å². The van der Waals surface area contributed by atoms with Crippen LogP contribution >= 0.6 is 15.9 Å². The zero-order valence-corrected chi connectivity index (χ0v) is 12.4. The number of aryl methyl sites for hydroxylation is 1. The van der Waals surface area contributed by atoms with Crippen LogP contribution in [-0.4, -0.2) is 5.33 Å². The van der Waals surface area contributed by atoms with Crippen molar-refractivity contribution in [3.05, 3.63) is 71.3 Å². The fourth-order valence-corrected chi connectivity index (χ4v) is 2.77. The van der Waals surface area contributed by atoms with Crippen molar-refractivity contribution < 1.29 is 0 Å². The van der Waals surface area contributed by atoms with Gasteiger partial charge in [-0.1, -0.05) is 70.5 Å². The van der Waals surface area contributed by atoms with Crippen LogP contribution in [0.3, 0.4) is 0 Å². The standard InChI is InChI=1S/C17H19Br/c1-14-8-5-6-11-16(14)17(12-7-13-18)15-9-3-2-4-10-15/h2-6,8-11,17H,7,12-13H2,1H3/t17-/m1/s1. The molecule has 1 atom stereocenters. The van der Waals surface area contributed by atoms with Crippen LogP contribution in [0.4, 0.5) is 0 Å². The first-order valence-corrected chi connectivity index (χ1v) is 7.61. The van der Waals surface area contributed by atoms with Crippen LogP contribution in [0.2, 0.25) is 0 Å². The summed E-state index contributed by atoms with van der Waals surface area (Å²) in [5.41, 5.74) is 4.28. The molecule has 18 heavy (non-hydrogen) atoms. The van der Waals surface area contributed by atoms with E-state index in [-0.39, 0.29) is 0 Å². The van der Waals surface area contributed by atoms with Crippen molar-refractivity contribution in [3.63, 3.8) is 0 Å². The molecule has 2 aromatic rings. The van der Waals surface area contributed by atoms with Gasteiger partial charge in [-0.2, -0.15) is 0 Å². The molecule has 0 radical (unpaired) electrons. The summed E-state index contributed by atoms with van der Waals surface area (Å²) in [7, 11) is 0. The fraction of sp³-hybridized carbons (Fsp3) is 0.294. The highest BCUT2D eigenvalue weighted by molar-refractivity contribution is 9.09. The van der Waals surface area contributed by atoms with Gasteiger partial charge in [-0.25, -0.2) is 0 Å². The van der Waals surface area contributed by atoms with E-state index in [1.165, 1.54) is 29.5 Å². The second kappa shape index (κ2) is 6.75. The Morgan fingerprint density at radius 3 is 2.28 bits per heavy atom. The van der Waals surface area contributed by atoms with Crippen molar-refractivity contribution in [1.29, 1.82) is 0 Å². The summed E-state index contributed by atoms with van der Waals surface area (Å²) < 4.78 is 0.